The van der Waals surface area contributed by atoms with Crippen molar-refractivity contribution in [3.8, 4) is 5.69 Å². The van der Waals surface area contributed by atoms with Crippen LogP contribution < -0.4 is 5.32 Å². The van der Waals surface area contributed by atoms with Crippen LogP contribution in [0.15, 0.2) is 29.4 Å². The molecule has 6 nitrogen and oxygen atoms in total. The Morgan fingerprint density at radius 1 is 1.26 bits per heavy atom. The molecule has 2 aliphatic carbocycles. The van der Waals surface area contributed by atoms with Crippen LogP contribution in [0.3, 0.4) is 0 Å². The maximum absolute atomic E-state index is 12.7. The Hall–Kier alpha value is -1.60. The number of halogens is 1. The van der Waals surface area contributed by atoms with E-state index in [9.17, 15) is 4.79 Å². The highest BCUT2D eigenvalue weighted by Crippen LogP contribution is 2.49. The van der Waals surface area contributed by atoms with E-state index in [0.717, 1.165) is 17.5 Å². The smallest absolute Gasteiger partial charge is 0.233 e. The number of hydrogen-bond donors (Lipinski definition) is 1. The van der Waals surface area contributed by atoms with Gasteiger partial charge in [-0.3, -0.25) is 4.79 Å². The van der Waals surface area contributed by atoms with Crippen molar-refractivity contribution in [3.05, 3.63) is 29.3 Å². The van der Waals surface area contributed by atoms with Gasteiger partial charge in [0.25, 0.3) is 0 Å². The summed E-state index contributed by atoms with van der Waals surface area (Å²) in [5.41, 5.74) is 0.815. The summed E-state index contributed by atoms with van der Waals surface area (Å²) in [5, 5.41) is 16.1. The van der Waals surface area contributed by atoms with Gasteiger partial charge in [-0.2, -0.15) is 4.68 Å². The molecular formula is C19H24ClN5OS. The van der Waals surface area contributed by atoms with Crippen molar-refractivity contribution >= 4 is 29.3 Å². The summed E-state index contributed by atoms with van der Waals surface area (Å²) in [6.45, 7) is 4.05. The minimum Gasteiger partial charge on any atom is -0.352 e. The van der Waals surface area contributed by atoms with Crippen molar-refractivity contribution in [2.45, 2.75) is 56.0 Å². The Morgan fingerprint density at radius 2 is 2.04 bits per heavy atom. The number of hydrogen-bond acceptors (Lipinski definition) is 5. The fourth-order valence-corrected chi connectivity index (χ4v) is 5.51. The zero-order valence-electron chi connectivity index (χ0n) is 15.5. The van der Waals surface area contributed by atoms with Crippen molar-refractivity contribution < 1.29 is 4.79 Å². The lowest BCUT2D eigenvalue weighted by Crippen LogP contribution is -2.43. The van der Waals surface area contributed by atoms with E-state index >= 15 is 0 Å². The van der Waals surface area contributed by atoms with Gasteiger partial charge in [0.05, 0.1) is 10.9 Å². The van der Waals surface area contributed by atoms with E-state index in [-0.39, 0.29) is 17.2 Å². The molecule has 2 bridgehead atoms. The molecule has 2 aliphatic rings. The lowest BCUT2D eigenvalue weighted by atomic mass is 9.84. The lowest BCUT2D eigenvalue weighted by Gasteiger charge is -2.29. The topological polar surface area (TPSA) is 72.7 Å². The zero-order valence-corrected chi connectivity index (χ0v) is 17.1. The van der Waals surface area contributed by atoms with Crippen LogP contribution in [-0.2, 0) is 4.79 Å². The summed E-state index contributed by atoms with van der Waals surface area (Å²) in [6.07, 6.45) is 5.32. The third kappa shape index (κ3) is 3.99. The van der Waals surface area contributed by atoms with E-state index in [4.69, 9.17) is 11.6 Å². The second kappa shape index (κ2) is 7.80. The normalized spacial score (nSPS) is 26.1. The van der Waals surface area contributed by atoms with Crippen molar-refractivity contribution in [2.24, 2.45) is 17.8 Å². The number of rotatable bonds is 6. The van der Waals surface area contributed by atoms with Crippen LogP contribution in [0.2, 0.25) is 5.02 Å². The first kappa shape index (κ1) is 18.7. The van der Waals surface area contributed by atoms with Crippen LogP contribution in [0.25, 0.3) is 5.69 Å². The maximum Gasteiger partial charge on any atom is 0.233 e. The van der Waals surface area contributed by atoms with E-state index in [0.29, 0.717) is 16.1 Å². The second-order valence-electron chi connectivity index (χ2n) is 7.75. The standard InChI is InChI=1S/C19H24ClN5OS/c1-11(17-10-13-3-4-14(17)9-13)21-18(26)12(2)27-19-22-23-24-25(19)16-7-5-15(20)6-8-16/h5-8,11-14,17H,3-4,9-10H2,1-2H3,(H,21,26)/t11-,12-,13+,14+,17-/m0/s1. The number of benzene rings is 1. The third-order valence-corrected chi connectivity index (χ3v) is 7.25. The largest absolute Gasteiger partial charge is 0.352 e. The molecule has 4 rings (SSSR count). The van der Waals surface area contributed by atoms with Crippen LogP contribution in [0.4, 0.5) is 0 Å². The first-order valence-corrected chi connectivity index (χ1v) is 10.8. The number of aromatic nitrogens is 4. The van der Waals surface area contributed by atoms with Crippen molar-refractivity contribution in [2.75, 3.05) is 0 Å². The fourth-order valence-electron chi connectivity index (χ4n) is 4.56. The minimum absolute atomic E-state index is 0.0425. The lowest BCUT2D eigenvalue weighted by molar-refractivity contribution is -0.121. The van der Waals surface area contributed by atoms with Crippen molar-refractivity contribution in [1.29, 1.82) is 0 Å². The van der Waals surface area contributed by atoms with Gasteiger partial charge in [-0.25, -0.2) is 0 Å². The number of nitrogens with zero attached hydrogens (tertiary/aromatic N) is 4. The minimum atomic E-state index is -0.275. The van der Waals surface area contributed by atoms with Gasteiger partial charge in [0, 0.05) is 11.1 Å². The molecule has 1 aromatic heterocycles. The molecule has 0 aliphatic heterocycles. The molecule has 1 N–H and O–H groups in total. The van der Waals surface area contributed by atoms with Gasteiger partial charge < -0.3 is 5.32 Å². The van der Waals surface area contributed by atoms with Gasteiger partial charge in [0.2, 0.25) is 11.1 Å². The molecule has 1 aromatic carbocycles. The van der Waals surface area contributed by atoms with E-state index < -0.39 is 0 Å². The molecule has 2 saturated carbocycles. The van der Waals surface area contributed by atoms with Gasteiger partial charge >= 0.3 is 0 Å². The fraction of sp³-hybridized carbons (Fsp3) is 0.579. The SMILES string of the molecule is C[C@H](Sc1nnnn1-c1ccc(Cl)cc1)C(=O)N[C@@H](C)[C@@H]1C[C@@H]2CC[C@@H]1C2. The van der Waals surface area contributed by atoms with E-state index in [1.165, 1.54) is 37.4 Å². The summed E-state index contributed by atoms with van der Waals surface area (Å²) < 4.78 is 1.63. The molecule has 8 heteroatoms. The van der Waals surface area contributed by atoms with Gasteiger partial charge in [0.15, 0.2) is 0 Å². The summed E-state index contributed by atoms with van der Waals surface area (Å²) in [5.74, 6) is 2.35. The Kier molecular flexibility index (Phi) is 5.41. The van der Waals surface area contributed by atoms with Crippen LogP contribution in [0.5, 0.6) is 0 Å². The van der Waals surface area contributed by atoms with Gasteiger partial charge in [-0.05, 0) is 85.6 Å². The number of carbonyl (C=O) groups excluding carboxylic acids is 1. The number of thioether (sulfide) groups is 1. The van der Waals surface area contributed by atoms with Crippen LogP contribution in [0, 0.1) is 17.8 Å². The number of tetrazole rings is 1. The predicted molar refractivity (Wildman–Crippen MR) is 106 cm³/mol. The van der Waals surface area contributed by atoms with Crippen molar-refractivity contribution in [3.63, 3.8) is 0 Å². The van der Waals surface area contributed by atoms with E-state index in [2.05, 4.69) is 27.8 Å². The molecule has 0 radical (unpaired) electrons. The molecule has 2 aromatic rings. The molecule has 0 saturated heterocycles. The van der Waals surface area contributed by atoms with E-state index in [1.54, 1.807) is 16.8 Å². The quantitative estimate of drug-likeness (QED) is 0.741. The summed E-state index contributed by atoms with van der Waals surface area (Å²) >= 11 is 7.31. The number of nitrogens with one attached hydrogen (secondary N) is 1. The molecule has 144 valence electrons. The third-order valence-electron chi connectivity index (χ3n) is 5.97. The Bertz CT molecular complexity index is 811. The highest BCUT2D eigenvalue weighted by Gasteiger charge is 2.42. The highest BCUT2D eigenvalue weighted by molar-refractivity contribution is 8.00. The molecule has 27 heavy (non-hydrogen) atoms. The molecule has 2 fully saturated rings. The van der Waals surface area contributed by atoms with Gasteiger partial charge in [-0.15, -0.1) is 5.10 Å². The zero-order chi connectivity index (χ0) is 19.0. The summed E-state index contributed by atoms with van der Waals surface area (Å²) in [4.78, 5) is 12.7. The summed E-state index contributed by atoms with van der Waals surface area (Å²) in [6, 6.07) is 7.51. The maximum atomic E-state index is 12.7. The molecule has 1 heterocycles. The van der Waals surface area contributed by atoms with Crippen molar-refractivity contribution in [1.82, 2.24) is 25.5 Å². The molecule has 0 unspecified atom stereocenters. The van der Waals surface area contributed by atoms with E-state index in [1.807, 2.05) is 19.1 Å². The molecular weight excluding hydrogens is 382 g/mol. The average Bonchev–Trinajstić information content (AvgIpc) is 3.39. The Balaban J connectivity index is 1.38. The van der Waals surface area contributed by atoms with Crippen LogP contribution >= 0.6 is 23.4 Å². The predicted octanol–water partition coefficient (Wildman–Crippen LogP) is 3.74. The average molecular weight is 406 g/mol. The van der Waals surface area contributed by atoms with Crippen LogP contribution in [-0.4, -0.2) is 37.4 Å². The number of fused-ring (bicyclic) bond motifs is 2. The molecule has 1 amide bonds. The summed E-state index contributed by atoms with van der Waals surface area (Å²) in [7, 11) is 0. The first-order chi connectivity index (χ1) is 13.0. The number of carbonyl (C=O) groups is 1. The van der Waals surface area contributed by atoms with Gasteiger partial charge in [0.1, 0.15) is 0 Å². The monoisotopic (exact) mass is 405 g/mol. The first-order valence-electron chi connectivity index (χ1n) is 9.52. The second-order valence-corrected chi connectivity index (χ2v) is 9.49. The molecule has 5 atom stereocenters. The molecule has 0 spiro atoms. The Morgan fingerprint density at radius 3 is 2.70 bits per heavy atom. The highest BCUT2D eigenvalue weighted by atomic mass is 35.5. The number of amides is 1. The van der Waals surface area contributed by atoms with Crippen LogP contribution in [0.1, 0.15) is 39.5 Å². The van der Waals surface area contributed by atoms with Gasteiger partial charge in [-0.1, -0.05) is 29.8 Å². The Labute approximate surface area is 168 Å².